The smallest absolute Gasteiger partial charge is 0.406 e. The third kappa shape index (κ3) is 3.78. The molecule has 2 heterocycles. The first-order chi connectivity index (χ1) is 12.9. The van der Waals surface area contributed by atoms with Crippen molar-refractivity contribution in [3.8, 4) is 5.75 Å². The van der Waals surface area contributed by atoms with Crippen LogP contribution in [0.4, 0.5) is 17.6 Å². The van der Waals surface area contributed by atoms with Gasteiger partial charge < -0.3 is 4.74 Å². The van der Waals surface area contributed by atoms with Gasteiger partial charge in [0.15, 0.2) is 0 Å². The highest BCUT2D eigenvalue weighted by molar-refractivity contribution is 7.99. The van der Waals surface area contributed by atoms with E-state index in [1.807, 2.05) is 0 Å². The van der Waals surface area contributed by atoms with E-state index in [-0.39, 0.29) is 11.6 Å². The van der Waals surface area contributed by atoms with Gasteiger partial charge in [0, 0.05) is 21.6 Å². The topological polar surface area (TPSA) is 22.1 Å². The van der Waals surface area contributed by atoms with Crippen molar-refractivity contribution in [3.63, 3.8) is 0 Å². The summed E-state index contributed by atoms with van der Waals surface area (Å²) < 4.78 is 55.3. The monoisotopic (exact) mass is 391 g/mol. The van der Waals surface area contributed by atoms with Crippen molar-refractivity contribution in [1.82, 2.24) is 4.98 Å². The Morgan fingerprint density at radius 1 is 1.07 bits per heavy atom. The number of hydrogen-bond donors (Lipinski definition) is 0. The molecular weight excluding hydrogens is 378 g/mol. The molecule has 27 heavy (non-hydrogen) atoms. The second kappa shape index (κ2) is 6.88. The predicted molar refractivity (Wildman–Crippen MR) is 98.2 cm³/mol. The van der Waals surface area contributed by atoms with Crippen molar-refractivity contribution in [1.29, 1.82) is 0 Å². The molecule has 0 saturated carbocycles. The second-order valence-electron chi connectivity index (χ2n) is 5.98. The van der Waals surface area contributed by atoms with E-state index in [9.17, 15) is 17.6 Å². The molecule has 138 valence electrons. The van der Waals surface area contributed by atoms with Crippen LogP contribution in [0.15, 0.2) is 47.4 Å². The Morgan fingerprint density at radius 3 is 2.67 bits per heavy atom. The molecule has 0 bridgehead atoms. The molecule has 4 rings (SSSR count). The lowest BCUT2D eigenvalue weighted by atomic mass is 10.1. The van der Waals surface area contributed by atoms with Gasteiger partial charge in [0.2, 0.25) is 0 Å². The van der Waals surface area contributed by atoms with Crippen molar-refractivity contribution >= 4 is 34.8 Å². The molecule has 3 aromatic rings. The van der Waals surface area contributed by atoms with Crippen LogP contribution in [0.3, 0.4) is 0 Å². The average Bonchev–Trinajstić information content (AvgIpc) is 3.10. The molecule has 1 aromatic heterocycles. The highest BCUT2D eigenvalue weighted by Crippen LogP contribution is 2.40. The van der Waals surface area contributed by atoms with Crippen LogP contribution in [0.25, 0.3) is 23.1 Å². The molecule has 0 aliphatic carbocycles. The average molecular weight is 391 g/mol. The summed E-state index contributed by atoms with van der Waals surface area (Å²) >= 11 is 1.58. The zero-order chi connectivity index (χ0) is 19.0. The van der Waals surface area contributed by atoms with Gasteiger partial charge in [-0.15, -0.1) is 24.9 Å². The number of thioether (sulfide) groups is 1. The van der Waals surface area contributed by atoms with Crippen LogP contribution in [0.1, 0.15) is 16.8 Å². The minimum absolute atomic E-state index is 0.263. The van der Waals surface area contributed by atoms with Crippen molar-refractivity contribution in [2.24, 2.45) is 0 Å². The van der Waals surface area contributed by atoms with Gasteiger partial charge in [-0.2, -0.15) is 0 Å². The van der Waals surface area contributed by atoms with E-state index in [2.05, 4.69) is 9.72 Å². The Morgan fingerprint density at radius 2 is 1.89 bits per heavy atom. The lowest BCUT2D eigenvalue weighted by Crippen LogP contribution is -2.17. The zero-order valence-electron chi connectivity index (χ0n) is 13.9. The molecule has 0 fully saturated rings. The van der Waals surface area contributed by atoms with Crippen LogP contribution >= 0.6 is 11.8 Å². The van der Waals surface area contributed by atoms with Crippen molar-refractivity contribution in [2.45, 2.75) is 17.7 Å². The Bertz CT molecular complexity index is 1050. The van der Waals surface area contributed by atoms with Gasteiger partial charge in [-0.05, 0) is 48.4 Å². The van der Waals surface area contributed by atoms with Crippen molar-refractivity contribution in [3.05, 3.63) is 65.1 Å². The summed E-state index contributed by atoms with van der Waals surface area (Å²) in [5.41, 5.74) is 2.69. The summed E-state index contributed by atoms with van der Waals surface area (Å²) in [4.78, 5) is 5.47. The molecule has 0 N–H and O–H groups in total. The fourth-order valence-corrected chi connectivity index (χ4v) is 4.26. The van der Waals surface area contributed by atoms with Crippen LogP contribution in [0.2, 0.25) is 0 Å². The van der Waals surface area contributed by atoms with E-state index in [0.29, 0.717) is 22.2 Å². The van der Waals surface area contributed by atoms with E-state index >= 15 is 0 Å². The molecule has 2 aromatic carbocycles. The number of nitrogens with zero attached hydrogens (tertiary/aromatic N) is 1. The molecule has 0 saturated heterocycles. The normalized spacial score (nSPS) is 14.1. The van der Waals surface area contributed by atoms with Gasteiger partial charge in [0.25, 0.3) is 0 Å². The summed E-state index contributed by atoms with van der Waals surface area (Å²) in [6.07, 6.45) is -0.569. The number of hydrogen-bond acceptors (Lipinski definition) is 3. The Hall–Kier alpha value is -2.54. The number of halogens is 4. The van der Waals surface area contributed by atoms with Crippen molar-refractivity contribution < 1.29 is 22.3 Å². The van der Waals surface area contributed by atoms with Gasteiger partial charge in [0.05, 0.1) is 11.2 Å². The number of alkyl halides is 3. The molecule has 1 aliphatic heterocycles. The zero-order valence-corrected chi connectivity index (χ0v) is 14.7. The predicted octanol–water partition coefficient (Wildman–Crippen LogP) is 6.09. The third-order valence-electron chi connectivity index (χ3n) is 4.19. The largest absolute Gasteiger partial charge is 0.573 e. The Labute approximate surface area is 156 Å². The van der Waals surface area contributed by atoms with Crippen LogP contribution in [0.5, 0.6) is 5.75 Å². The van der Waals surface area contributed by atoms with E-state index < -0.39 is 6.36 Å². The lowest BCUT2D eigenvalue weighted by molar-refractivity contribution is -0.274. The highest BCUT2D eigenvalue weighted by Gasteiger charge is 2.31. The van der Waals surface area contributed by atoms with Gasteiger partial charge in [-0.3, -0.25) is 0 Å². The fourth-order valence-electron chi connectivity index (χ4n) is 3.05. The van der Waals surface area contributed by atoms with Crippen LogP contribution < -0.4 is 4.74 Å². The number of aromatic nitrogens is 1. The maximum absolute atomic E-state index is 13.8. The lowest BCUT2D eigenvalue weighted by Gasteiger charge is -2.12. The number of rotatable bonds is 3. The van der Waals surface area contributed by atoms with Gasteiger partial charge in [-0.1, -0.05) is 18.2 Å². The van der Waals surface area contributed by atoms with E-state index in [1.165, 1.54) is 24.3 Å². The Balaban J connectivity index is 1.77. The molecular formula is C20H13F4NOS. The van der Waals surface area contributed by atoms with Crippen LogP contribution in [0, 0.1) is 5.82 Å². The first-order valence-electron chi connectivity index (χ1n) is 8.18. The SMILES string of the molecule is Fc1ccccc1C=Cc1nc2ccc(OC(F)(F)F)cc2c2c1CCS2. The first-order valence-corrected chi connectivity index (χ1v) is 9.17. The minimum atomic E-state index is -4.74. The number of fused-ring (bicyclic) bond motifs is 3. The van der Waals surface area contributed by atoms with Crippen LogP contribution in [-0.4, -0.2) is 17.1 Å². The van der Waals surface area contributed by atoms with Crippen molar-refractivity contribution in [2.75, 3.05) is 5.75 Å². The van der Waals surface area contributed by atoms with Gasteiger partial charge in [-0.25, -0.2) is 9.37 Å². The van der Waals surface area contributed by atoms with E-state index in [0.717, 1.165) is 22.6 Å². The number of pyridine rings is 1. The first kappa shape index (κ1) is 17.9. The minimum Gasteiger partial charge on any atom is -0.406 e. The standard InChI is InChI=1S/C20H13F4NOS/c21-16-4-2-1-3-12(16)5-7-17-14-9-10-27-19(14)15-11-13(26-20(22,23)24)6-8-18(15)25-17/h1-8,11H,9-10H2. The summed E-state index contributed by atoms with van der Waals surface area (Å²) in [7, 11) is 0. The molecule has 0 spiro atoms. The molecule has 2 nitrogen and oxygen atoms in total. The molecule has 0 radical (unpaired) electrons. The van der Waals surface area contributed by atoms with E-state index in [4.69, 9.17) is 0 Å². The third-order valence-corrected chi connectivity index (χ3v) is 5.36. The summed E-state index contributed by atoms with van der Waals surface area (Å²) in [6.45, 7) is 0. The molecule has 0 atom stereocenters. The Kier molecular flexibility index (Phi) is 4.55. The number of ether oxygens (including phenoxy) is 1. The molecule has 1 aliphatic rings. The molecule has 0 amide bonds. The van der Waals surface area contributed by atoms with Gasteiger partial charge in [0.1, 0.15) is 11.6 Å². The molecule has 0 unspecified atom stereocenters. The summed E-state index contributed by atoms with van der Waals surface area (Å²) in [5, 5.41) is 0.636. The van der Waals surface area contributed by atoms with Crippen LogP contribution in [-0.2, 0) is 6.42 Å². The maximum atomic E-state index is 13.8. The summed E-state index contributed by atoms with van der Waals surface area (Å²) in [6, 6.07) is 10.6. The fraction of sp³-hybridized carbons (Fsp3) is 0.150. The highest BCUT2D eigenvalue weighted by atomic mass is 32.2. The second-order valence-corrected chi connectivity index (χ2v) is 7.09. The summed E-state index contributed by atoms with van der Waals surface area (Å²) in [5.74, 6) is 0.233. The maximum Gasteiger partial charge on any atom is 0.573 e. The number of benzene rings is 2. The van der Waals surface area contributed by atoms with Gasteiger partial charge >= 0.3 is 6.36 Å². The van der Waals surface area contributed by atoms with E-state index in [1.54, 1.807) is 42.1 Å². The molecule has 7 heteroatoms. The quantitative estimate of drug-likeness (QED) is 0.505.